The summed E-state index contributed by atoms with van der Waals surface area (Å²) in [5.41, 5.74) is 0.915. The number of fused-ring (bicyclic) bond motifs is 1. The van der Waals surface area contributed by atoms with E-state index in [0.29, 0.717) is 23.7 Å². The summed E-state index contributed by atoms with van der Waals surface area (Å²) in [6, 6.07) is 0. The molecule has 3 rings (SSSR count). The first-order chi connectivity index (χ1) is 9.96. The second-order valence-electron chi connectivity index (χ2n) is 4.91. The lowest BCUT2D eigenvalue weighted by molar-refractivity contribution is -0.140. The Morgan fingerprint density at radius 2 is 2.19 bits per heavy atom. The Kier molecular flexibility index (Phi) is 3.48. The number of aliphatic hydroxyl groups excluding tert-OH is 2. The van der Waals surface area contributed by atoms with Gasteiger partial charge in [-0.05, 0) is 13.8 Å². The average Bonchev–Trinajstić information content (AvgIpc) is 2.95. The van der Waals surface area contributed by atoms with Crippen molar-refractivity contribution in [1.29, 1.82) is 0 Å². The topological polar surface area (TPSA) is 103 Å². The fourth-order valence-electron chi connectivity index (χ4n) is 2.35. The lowest BCUT2D eigenvalue weighted by Gasteiger charge is -2.25. The first-order valence-electron chi connectivity index (χ1n) is 6.47. The number of ether oxygens (including phenoxy) is 2. The SMILES string of the molecule is CCOc1ncnc2c1ncn2[C@@H]1O[C@H](O)[C@@H](O)[C@@]1(C)Cl. The molecule has 0 aromatic carbocycles. The molecule has 2 N–H and O–H groups in total. The highest BCUT2D eigenvalue weighted by Gasteiger charge is 2.53. The molecule has 0 bridgehead atoms. The lowest BCUT2D eigenvalue weighted by Crippen LogP contribution is -2.38. The highest BCUT2D eigenvalue weighted by atomic mass is 35.5. The third-order valence-electron chi connectivity index (χ3n) is 3.46. The van der Waals surface area contributed by atoms with Crippen LogP contribution in [-0.4, -0.2) is 53.6 Å². The van der Waals surface area contributed by atoms with Crippen molar-refractivity contribution in [3.8, 4) is 5.88 Å². The van der Waals surface area contributed by atoms with Gasteiger partial charge in [0.05, 0.1) is 12.9 Å². The summed E-state index contributed by atoms with van der Waals surface area (Å²) in [4.78, 5) is 11.2. The molecule has 0 spiro atoms. The molecule has 4 atom stereocenters. The van der Waals surface area contributed by atoms with E-state index in [-0.39, 0.29) is 0 Å². The molecule has 1 aliphatic heterocycles. The normalized spacial score (nSPS) is 32.7. The van der Waals surface area contributed by atoms with Crippen molar-refractivity contribution in [2.24, 2.45) is 0 Å². The zero-order valence-electron chi connectivity index (χ0n) is 11.5. The summed E-state index contributed by atoms with van der Waals surface area (Å²) < 4.78 is 12.3. The van der Waals surface area contributed by atoms with Gasteiger partial charge < -0.3 is 19.7 Å². The summed E-state index contributed by atoms with van der Waals surface area (Å²) in [6.45, 7) is 3.87. The van der Waals surface area contributed by atoms with Gasteiger partial charge in [0, 0.05) is 0 Å². The Hall–Kier alpha value is -1.48. The van der Waals surface area contributed by atoms with E-state index in [9.17, 15) is 10.2 Å². The lowest BCUT2D eigenvalue weighted by atomic mass is 10.0. The minimum Gasteiger partial charge on any atom is -0.476 e. The van der Waals surface area contributed by atoms with Gasteiger partial charge in [0.1, 0.15) is 17.3 Å². The van der Waals surface area contributed by atoms with Gasteiger partial charge in [0.25, 0.3) is 0 Å². The van der Waals surface area contributed by atoms with E-state index >= 15 is 0 Å². The van der Waals surface area contributed by atoms with Gasteiger partial charge in [-0.25, -0.2) is 9.97 Å². The quantitative estimate of drug-likeness (QED) is 0.792. The fourth-order valence-corrected chi connectivity index (χ4v) is 2.61. The molecule has 0 saturated carbocycles. The minimum atomic E-state index is -1.37. The molecule has 2 aromatic heterocycles. The van der Waals surface area contributed by atoms with E-state index in [0.717, 1.165) is 0 Å². The number of halogens is 1. The Bertz CT molecular complexity index is 662. The van der Waals surface area contributed by atoms with Crippen LogP contribution in [0.2, 0.25) is 0 Å². The van der Waals surface area contributed by atoms with Crippen molar-refractivity contribution in [2.75, 3.05) is 6.61 Å². The van der Waals surface area contributed by atoms with Crippen molar-refractivity contribution in [2.45, 2.75) is 37.3 Å². The number of nitrogens with zero attached hydrogens (tertiary/aromatic N) is 4. The van der Waals surface area contributed by atoms with Crippen LogP contribution in [0.3, 0.4) is 0 Å². The highest BCUT2D eigenvalue weighted by Crippen LogP contribution is 2.43. The van der Waals surface area contributed by atoms with E-state index < -0.39 is 23.5 Å². The van der Waals surface area contributed by atoms with Gasteiger partial charge in [-0.15, -0.1) is 11.6 Å². The molecule has 1 aliphatic rings. The maximum atomic E-state index is 9.91. The third-order valence-corrected chi connectivity index (χ3v) is 3.87. The van der Waals surface area contributed by atoms with Crippen LogP contribution in [0.5, 0.6) is 5.88 Å². The van der Waals surface area contributed by atoms with Crippen LogP contribution in [0.25, 0.3) is 11.2 Å². The van der Waals surface area contributed by atoms with Crippen LogP contribution >= 0.6 is 11.6 Å². The van der Waals surface area contributed by atoms with Crippen LogP contribution in [0.1, 0.15) is 20.1 Å². The largest absolute Gasteiger partial charge is 0.476 e. The van der Waals surface area contributed by atoms with Crippen molar-refractivity contribution >= 4 is 22.8 Å². The summed E-state index contributed by atoms with van der Waals surface area (Å²) >= 11 is 6.31. The molecule has 3 heterocycles. The molecule has 0 aliphatic carbocycles. The van der Waals surface area contributed by atoms with Crippen LogP contribution < -0.4 is 4.74 Å². The smallest absolute Gasteiger partial charge is 0.245 e. The van der Waals surface area contributed by atoms with Gasteiger partial charge in [0.15, 0.2) is 23.7 Å². The Morgan fingerprint density at radius 3 is 2.81 bits per heavy atom. The van der Waals surface area contributed by atoms with Gasteiger partial charge in [-0.1, -0.05) is 0 Å². The molecule has 9 heteroatoms. The molecule has 0 radical (unpaired) electrons. The predicted molar refractivity (Wildman–Crippen MR) is 72.9 cm³/mol. The number of hydrogen-bond acceptors (Lipinski definition) is 7. The number of alkyl halides is 1. The van der Waals surface area contributed by atoms with E-state index in [2.05, 4.69) is 15.0 Å². The summed E-state index contributed by atoms with van der Waals surface area (Å²) in [5, 5.41) is 19.6. The molecule has 21 heavy (non-hydrogen) atoms. The van der Waals surface area contributed by atoms with Crippen molar-refractivity contribution in [3.05, 3.63) is 12.7 Å². The maximum absolute atomic E-state index is 9.91. The zero-order valence-corrected chi connectivity index (χ0v) is 12.2. The monoisotopic (exact) mass is 314 g/mol. The summed E-state index contributed by atoms with van der Waals surface area (Å²) in [5.74, 6) is 0.358. The first-order valence-corrected chi connectivity index (χ1v) is 6.85. The van der Waals surface area contributed by atoms with Crippen molar-refractivity contribution in [1.82, 2.24) is 19.5 Å². The summed E-state index contributed by atoms with van der Waals surface area (Å²) in [7, 11) is 0. The Labute approximate surface area is 125 Å². The maximum Gasteiger partial charge on any atom is 0.245 e. The average molecular weight is 315 g/mol. The molecule has 0 unspecified atom stereocenters. The fraction of sp³-hybridized carbons (Fsp3) is 0.583. The second-order valence-corrected chi connectivity index (χ2v) is 5.73. The Balaban J connectivity index is 2.08. The number of aliphatic hydroxyl groups is 2. The van der Waals surface area contributed by atoms with Gasteiger partial charge >= 0.3 is 0 Å². The first kappa shape index (κ1) is 14.5. The van der Waals surface area contributed by atoms with Crippen LogP contribution in [0.15, 0.2) is 12.7 Å². The molecular formula is C12H15ClN4O4. The molecule has 0 amide bonds. The summed E-state index contributed by atoms with van der Waals surface area (Å²) in [6.07, 6.45) is -0.604. The molecule has 8 nitrogen and oxygen atoms in total. The number of aromatic nitrogens is 4. The van der Waals surface area contributed by atoms with E-state index in [1.807, 2.05) is 6.92 Å². The van der Waals surface area contributed by atoms with E-state index in [1.165, 1.54) is 12.7 Å². The van der Waals surface area contributed by atoms with E-state index in [4.69, 9.17) is 21.1 Å². The molecule has 1 fully saturated rings. The molecule has 2 aromatic rings. The third kappa shape index (κ3) is 2.15. The number of hydrogen-bond donors (Lipinski definition) is 2. The minimum absolute atomic E-state index is 0.358. The number of imidazole rings is 1. The highest BCUT2D eigenvalue weighted by molar-refractivity contribution is 6.24. The number of rotatable bonds is 3. The zero-order chi connectivity index (χ0) is 15.2. The molecule has 1 saturated heterocycles. The Morgan fingerprint density at radius 1 is 1.43 bits per heavy atom. The van der Waals surface area contributed by atoms with Crippen molar-refractivity contribution in [3.63, 3.8) is 0 Å². The standard InChI is InChI=1S/C12H15ClN4O4/c1-3-20-9-6-8(14-4-15-9)17(5-16-6)11-12(2,13)7(18)10(19)21-11/h4-5,7,10-11,18-19H,3H2,1-2H3/t7-,10+,11-,12-/m1/s1. The van der Waals surface area contributed by atoms with Gasteiger partial charge in [-0.3, -0.25) is 4.57 Å². The van der Waals surface area contributed by atoms with Crippen LogP contribution in [0.4, 0.5) is 0 Å². The van der Waals surface area contributed by atoms with Crippen LogP contribution in [0, 0.1) is 0 Å². The van der Waals surface area contributed by atoms with Crippen molar-refractivity contribution < 1.29 is 19.7 Å². The van der Waals surface area contributed by atoms with Crippen LogP contribution in [-0.2, 0) is 4.74 Å². The van der Waals surface area contributed by atoms with Gasteiger partial charge in [-0.2, -0.15) is 4.98 Å². The van der Waals surface area contributed by atoms with Gasteiger partial charge in [0.2, 0.25) is 5.88 Å². The molecular weight excluding hydrogens is 300 g/mol. The predicted octanol–water partition coefficient (Wildman–Crippen LogP) is 0.431. The van der Waals surface area contributed by atoms with E-state index in [1.54, 1.807) is 11.5 Å². The molecule has 114 valence electrons. The second kappa shape index (κ2) is 5.06.